The van der Waals surface area contributed by atoms with Gasteiger partial charge in [-0.25, -0.2) is 4.68 Å². The Balaban J connectivity index is 1.26. The fraction of sp³-hybridized carbons (Fsp3) is 0.615. The number of carbonyl (C=O) groups is 2. The van der Waals surface area contributed by atoms with Gasteiger partial charge < -0.3 is 19.1 Å². The fourth-order valence-corrected chi connectivity index (χ4v) is 6.53. The van der Waals surface area contributed by atoms with Gasteiger partial charge >= 0.3 is 0 Å². The molecule has 2 amide bonds. The highest BCUT2D eigenvalue weighted by Gasteiger charge is 2.61. The zero-order chi connectivity index (χ0) is 26.8. The van der Waals surface area contributed by atoms with Crippen LogP contribution in [0, 0.1) is 23.7 Å². The summed E-state index contributed by atoms with van der Waals surface area (Å²) in [7, 11) is 0. The molecule has 3 aliphatic rings. The predicted octanol–water partition coefficient (Wildman–Crippen LogP) is 3.15. The first-order valence-electron chi connectivity index (χ1n) is 13.1. The third kappa shape index (κ3) is 4.09. The third-order valence-electron chi connectivity index (χ3n) is 8.32. The molecule has 12 heteroatoms. The van der Waals surface area contributed by atoms with Crippen LogP contribution in [0.1, 0.15) is 73.2 Å². The minimum Gasteiger partial charge on any atom is -0.478 e. The van der Waals surface area contributed by atoms with Crippen molar-refractivity contribution in [3.8, 4) is 5.88 Å². The highest BCUT2D eigenvalue weighted by atomic mass is 32.1. The average molecular weight is 540 g/mol. The summed E-state index contributed by atoms with van der Waals surface area (Å²) in [6.07, 6.45) is 2.53. The van der Waals surface area contributed by atoms with Crippen molar-refractivity contribution in [3.63, 3.8) is 0 Å². The van der Waals surface area contributed by atoms with Crippen LogP contribution in [-0.4, -0.2) is 79.3 Å². The largest absolute Gasteiger partial charge is 0.478 e. The number of rotatable bonds is 7. The first-order valence-corrected chi connectivity index (χ1v) is 14.0. The van der Waals surface area contributed by atoms with Gasteiger partial charge in [-0.2, -0.15) is 10.1 Å². The molecule has 1 saturated carbocycles. The lowest BCUT2D eigenvalue weighted by Gasteiger charge is -2.50. The predicted molar refractivity (Wildman–Crippen MR) is 138 cm³/mol. The molecule has 3 aromatic heterocycles. The lowest BCUT2D eigenvalue weighted by atomic mass is 9.71. The summed E-state index contributed by atoms with van der Waals surface area (Å²) in [6.45, 7) is 12.8. The quantitative estimate of drug-likeness (QED) is 0.449. The number of aryl methyl sites for hydroxylation is 1. The zero-order valence-corrected chi connectivity index (χ0v) is 23.2. The maximum Gasteiger partial charge on any atom is 0.265 e. The molecule has 2 unspecified atom stereocenters. The first kappa shape index (κ1) is 25.0. The topological polar surface area (TPSA) is 119 Å². The Morgan fingerprint density at radius 2 is 2.00 bits per heavy atom. The van der Waals surface area contributed by atoms with Crippen molar-refractivity contribution in [2.45, 2.75) is 53.0 Å². The van der Waals surface area contributed by atoms with E-state index in [-0.39, 0.29) is 40.5 Å². The highest BCUT2D eigenvalue weighted by Crippen LogP contribution is 2.55. The summed E-state index contributed by atoms with van der Waals surface area (Å²) in [4.78, 5) is 39.6. The summed E-state index contributed by atoms with van der Waals surface area (Å²) in [5, 5.41) is 8.94. The van der Waals surface area contributed by atoms with Gasteiger partial charge in [0.1, 0.15) is 10.9 Å². The number of carbonyl (C=O) groups excluding carboxylic acids is 2. The molecule has 0 bridgehead atoms. The summed E-state index contributed by atoms with van der Waals surface area (Å²) >= 11 is 1.33. The Labute approximate surface area is 225 Å². The summed E-state index contributed by atoms with van der Waals surface area (Å²) < 4.78 is 13.2. The highest BCUT2D eigenvalue weighted by molar-refractivity contribution is 7.11. The number of hydrogen-bond donors (Lipinski definition) is 0. The van der Waals surface area contributed by atoms with E-state index in [0.717, 1.165) is 12.1 Å². The van der Waals surface area contributed by atoms with Crippen LogP contribution in [0.25, 0.3) is 0 Å². The van der Waals surface area contributed by atoms with E-state index in [4.69, 9.17) is 14.2 Å². The van der Waals surface area contributed by atoms with Crippen LogP contribution < -0.4 is 4.74 Å². The van der Waals surface area contributed by atoms with Crippen LogP contribution in [0.5, 0.6) is 5.88 Å². The number of hydrogen-bond acceptors (Lipinski definition) is 9. The van der Waals surface area contributed by atoms with Crippen LogP contribution in [0.2, 0.25) is 0 Å². The molecule has 5 heterocycles. The van der Waals surface area contributed by atoms with Crippen LogP contribution >= 0.6 is 11.3 Å². The van der Waals surface area contributed by atoms with E-state index in [9.17, 15) is 9.59 Å². The van der Waals surface area contributed by atoms with E-state index in [2.05, 4.69) is 29.1 Å². The number of likely N-dealkylation sites (tertiary alicyclic amines) is 2. The smallest absolute Gasteiger partial charge is 0.265 e. The monoisotopic (exact) mass is 539 g/mol. The van der Waals surface area contributed by atoms with E-state index in [1.807, 2.05) is 36.6 Å². The molecule has 202 valence electrons. The molecule has 6 rings (SSSR count). The van der Waals surface area contributed by atoms with Gasteiger partial charge in [0.15, 0.2) is 5.82 Å². The number of ether oxygens (including phenoxy) is 1. The average Bonchev–Trinajstić information content (AvgIpc) is 3.47. The van der Waals surface area contributed by atoms with Crippen LogP contribution in [0.4, 0.5) is 0 Å². The van der Waals surface area contributed by atoms with Gasteiger partial charge in [-0.15, -0.1) is 11.3 Å². The molecule has 38 heavy (non-hydrogen) atoms. The Kier molecular flexibility index (Phi) is 5.85. The number of amides is 2. The summed E-state index contributed by atoms with van der Waals surface area (Å²) in [6, 6.07) is 1.56. The molecule has 0 radical (unpaired) electrons. The molecule has 2 aliphatic heterocycles. The second-order valence-corrected chi connectivity index (χ2v) is 12.5. The Bertz CT molecular complexity index is 1360. The molecular weight excluding hydrogens is 506 g/mol. The summed E-state index contributed by atoms with van der Waals surface area (Å²) in [5.41, 5.74) is 2.27. The van der Waals surface area contributed by atoms with E-state index in [1.54, 1.807) is 16.4 Å². The third-order valence-corrected chi connectivity index (χ3v) is 9.08. The Morgan fingerprint density at radius 1 is 1.26 bits per heavy atom. The lowest BCUT2D eigenvalue weighted by Crippen LogP contribution is -2.62. The number of thiazole rings is 1. The molecule has 3 atom stereocenters. The van der Waals surface area contributed by atoms with Crippen molar-refractivity contribution in [2.75, 3.05) is 32.8 Å². The van der Waals surface area contributed by atoms with Crippen molar-refractivity contribution in [3.05, 3.63) is 40.1 Å². The summed E-state index contributed by atoms with van der Waals surface area (Å²) in [5.74, 6) is 1.74. The molecule has 1 aliphatic carbocycles. The van der Waals surface area contributed by atoms with E-state index in [0.29, 0.717) is 55.3 Å². The fourth-order valence-electron chi connectivity index (χ4n) is 5.94. The van der Waals surface area contributed by atoms with Gasteiger partial charge in [0.2, 0.25) is 11.8 Å². The molecule has 11 nitrogen and oxygen atoms in total. The van der Waals surface area contributed by atoms with Crippen LogP contribution in [-0.2, 0) is 4.79 Å². The van der Waals surface area contributed by atoms with E-state index >= 15 is 0 Å². The van der Waals surface area contributed by atoms with Crippen LogP contribution in [0.15, 0.2) is 22.3 Å². The van der Waals surface area contributed by atoms with Gasteiger partial charge in [-0.1, -0.05) is 19.0 Å². The molecule has 3 fully saturated rings. The van der Waals surface area contributed by atoms with Crippen molar-refractivity contribution < 1.29 is 18.8 Å². The normalized spacial score (nSPS) is 23.9. The number of aromatic nitrogens is 5. The van der Waals surface area contributed by atoms with Crippen molar-refractivity contribution >= 4 is 23.2 Å². The minimum atomic E-state index is -0.324. The first-order chi connectivity index (χ1) is 18.1. The van der Waals surface area contributed by atoms with Gasteiger partial charge in [0.05, 0.1) is 29.9 Å². The number of nitrogens with zero attached hydrogens (tertiary/aromatic N) is 7. The second-order valence-electron chi connectivity index (χ2n) is 11.6. The molecular formula is C26H33N7O4S. The molecule has 1 spiro atoms. The molecule has 0 N–H and O–H groups in total. The standard InChI is InChI=1S/C26H33N7O4S/c1-6-36-20-7-15(2)29-33(20)16(3)22-28-21(30-37-22)18-10-31(24(35)19-9-27-14-38-19)11-26(18)12-32(13-26)23(34)17-8-25(17,4)5/h7,9,14,16-18H,6,8,10-13H2,1-5H3/t16?,17-,18?/m1/s1. The molecule has 2 saturated heterocycles. The van der Waals surface area contributed by atoms with E-state index < -0.39 is 0 Å². The Morgan fingerprint density at radius 3 is 2.66 bits per heavy atom. The molecule has 3 aromatic rings. The van der Waals surface area contributed by atoms with Gasteiger partial charge in [0, 0.05) is 43.6 Å². The van der Waals surface area contributed by atoms with Gasteiger partial charge in [-0.3, -0.25) is 14.6 Å². The van der Waals surface area contributed by atoms with Crippen molar-refractivity contribution in [1.29, 1.82) is 0 Å². The Hall–Kier alpha value is -3.28. The minimum absolute atomic E-state index is 0.0482. The van der Waals surface area contributed by atoms with Crippen molar-refractivity contribution in [1.82, 2.24) is 34.7 Å². The SMILES string of the molecule is CCOc1cc(C)nn1C(C)c1nc(C2CN(C(=O)c3cncs3)CC23CN(C(=O)[C@H]2CC2(C)C)C3)no1. The molecule has 0 aromatic carbocycles. The van der Waals surface area contributed by atoms with Gasteiger partial charge in [0.25, 0.3) is 11.8 Å². The zero-order valence-electron chi connectivity index (χ0n) is 22.4. The second kappa shape index (κ2) is 8.89. The van der Waals surface area contributed by atoms with E-state index in [1.165, 1.54) is 11.3 Å². The van der Waals surface area contributed by atoms with Crippen LogP contribution in [0.3, 0.4) is 0 Å². The van der Waals surface area contributed by atoms with Gasteiger partial charge in [-0.05, 0) is 32.6 Å². The maximum absolute atomic E-state index is 13.3. The maximum atomic E-state index is 13.3. The van der Waals surface area contributed by atoms with Crippen molar-refractivity contribution in [2.24, 2.45) is 16.7 Å². The lowest BCUT2D eigenvalue weighted by molar-refractivity contribution is -0.145.